The van der Waals surface area contributed by atoms with Gasteiger partial charge in [-0.3, -0.25) is 0 Å². The predicted molar refractivity (Wildman–Crippen MR) is 65.4 cm³/mol. The van der Waals surface area contributed by atoms with E-state index in [-0.39, 0.29) is 24.8 Å². The molecule has 2 nitrogen and oxygen atoms in total. The number of hydrogen-bond acceptors (Lipinski definition) is 2. The van der Waals surface area contributed by atoms with E-state index in [1.807, 2.05) is 0 Å². The zero-order chi connectivity index (χ0) is 8.55. The minimum absolute atomic E-state index is 0. The van der Waals surface area contributed by atoms with Gasteiger partial charge in [0.1, 0.15) is 0 Å². The molecular formula is C10H22Cl2N2. The summed E-state index contributed by atoms with van der Waals surface area (Å²) in [4.78, 5) is 2.50. The molecule has 86 valence electrons. The Labute approximate surface area is 99.4 Å². The van der Waals surface area contributed by atoms with Gasteiger partial charge in [-0.1, -0.05) is 0 Å². The third-order valence-corrected chi connectivity index (χ3v) is 3.20. The smallest absolute Gasteiger partial charge is 0.0149 e. The van der Waals surface area contributed by atoms with Gasteiger partial charge in [0.05, 0.1) is 0 Å². The minimum atomic E-state index is 0. The summed E-state index contributed by atoms with van der Waals surface area (Å²) in [6.07, 6.45) is 5.87. The third-order valence-electron chi connectivity index (χ3n) is 3.20. The Bertz CT molecular complexity index is 146. The molecule has 0 radical (unpaired) electrons. The van der Waals surface area contributed by atoms with Gasteiger partial charge in [0, 0.05) is 19.1 Å². The summed E-state index contributed by atoms with van der Waals surface area (Å²) >= 11 is 0. The van der Waals surface area contributed by atoms with E-state index >= 15 is 0 Å². The van der Waals surface area contributed by atoms with Crippen LogP contribution in [0.4, 0.5) is 0 Å². The largest absolute Gasteiger partial charge is 0.329 e. The van der Waals surface area contributed by atoms with Crippen LogP contribution in [0.5, 0.6) is 0 Å². The highest BCUT2D eigenvalue weighted by atomic mass is 35.5. The molecule has 14 heavy (non-hydrogen) atoms. The fourth-order valence-electron chi connectivity index (χ4n) is 2.33. The van der Waals surface area contributed by atoms with Crippen molar-refractivity contribution in [3.05, 3.63) is 0 Å². The Kier molecular flexibility index (Phi) is 6.38. The summed E-state index contributed by atoms with van der Waals surface area (Å²) in [6, 6.07) is 0.883. The molecule has 0 amide bonds. The van der Waals surface area contributed by atoms with E-state index in [4.69, 9.17) is 5.73 Å². The van der Waals surface area contributed by atoms with E-state index in [0.29, 0.717) is 0 Å². The number of hydrogen-bond donors (Lipinski definition) is 1. The molecule has 4 heteroatoms. The van der Waals surface area contributed by atoms with Gasteiger partial charge in [-0.15, -0.1) is 24.8 Å². The quantitative estimate of drug-likeness (QED) is 0.796. The van der Waals surface area contributed by atoms with Crippen LogP contribution in [0.15, 0.2) is 0 Å². The van der Waals surface area contributed by atoms with Crippen molar-refractivity contribution >= 4 is 24.8 Å². The Morgan fingerprint density at radius 3 is 1.86 bits per heavy atom. The summed E-state index contributed by atoms with van der Waals surface area (Å²) in [5.41, 5.74) is 5.57. The average Bonchev–Trinajstić information content (AvgIpc) is 2.80. The average molecular weight is 241 g/mol. The summed E-state index contributed by atoms with van der Waals surface area (Å²) in [6.45, 7) is 1.89. The van der Waals surface area contributed by atoms with Crippen molar-refractivity contribution in [3.8, 4) is 0 Å². The van der Waals surface area contributed by atoms with Crippen LogP contribution in [-0.4, -0.2) is 31.1 Å². The second kappa shape index (κ2) is 6.16. The molecule has 0 saturated heterocycles. The Hall–Kier alpha value is 0.500. The van der Waals surface area contributed by atoms with Gasteiger partial charge in [0.15, 0.2) is 0 Å². The lowest BCUT2D eigenvalue weighted by Gasteiger charge is -2.27. The van der Waals surface area contributed by atoms with Crippen LogP contribution in [0.2, 0.25) is 0 Å². The van der Waals surface area contributed by atoms with Crippen LogP contribution in [0.1, 0.15) is 25.7 Å². The molecule has 2 saturated carbocycles. The molecule has 0 heterocycles. The summed E-state index contributed by atoms with van der Waals surface area (Å²) in [7, 11) is 2.24. The van der Waals surface area contributed by atoms with Crippen LogP contribution in [-0.2, 0) is 0 Å². The summed E-state index contributed by atoms with van der Waals surface area (Å²) < 4.78 is 0. The highest BCUT2D eigenvalue weighted by Crippen LogP contribution is 2.46. The van der Waals surface area contributed by atoms with Crippen LogP contribution in [0, 0.1) is 11.8 Å². The fraction of sp³-hybridized carbons (Fsp3) is 1.00. The molecule has 0 aromatic carbocycles. The van der Waals surface area contributed by atoms with Crippen molar-refractivity contribution in [2.75, 3.05) is 20.1 Å². The third kappa shape index (κ3) is 3.58. The molecule has 2 rings (SSSR count). The Morgan fingerprint density at radius 2 is 1.57 bits per heavy atom. The fourth-order valence-corrected chi connectivity index (χ4v) is 2.33. The topological polar surface area (TPSA) is 29.3 Å². The molecule has 0 aromatic rings. The molecule has 0 spiro atoms. The van der Waals surface area contributed by atoms with Crippen LogP contribution in [0.3, 0.4) is 0 Å². The highest BCUT2D eigenvalue weighted by Gasteiger charge is 2.43. The second-order valence-electron chi connectivity index (χ2n) is 4.43. The molecule has 0 unspecified atom stereocenters. The Balaban J connectivity index is 0.000000845. The zero-order valence-corrected chi connectivity index (χ0v) is 10.4. The number of rotatable bonds is 5. The van der Waals surface area contributed by atoms with Crippen molar-refractivity contribution in [2.24, 2.45) is 17.6 Å². The van der Waals surface area contributed by atoms with Gasteiger partial charge >= 0.3 is 0 Å². The van der Waals surface area contributed by atoms with E-state index in [1.54, 1.807) is 0 Å². The lowest BCUT2D eigenvalue weighted by Crippen LogP contribution is -2.38. The number of nitrogens with two attached hydrogens (primary N) is 1. The molecule has 2 N–H and O–H groups in total. The van der Waals surface area contributed by atoms with Gasteiger partial charge in [0.2, 0.25) is 0 Å². The number of likely N-dealkylation sites (N-methyl/N-ethyl adjacent to an activating group) is 1. The first-order valence-electron chi connectivity index (χ1n) is 5.23. The standard InChI is InChI=1S/C10H20N2.2ClH/c1-12(7-6-11)10(8-2-3-8)9-4-5-9;;/h8-10H,2-7,11H2,1H3;2*1H. The van der Waals surface area contributed by atoms with E-state index in [0.717, 1.165) is 31.0 Å². The van der Waals surface area contributed by atoms with Crippen molar-refractivity contribution in [2.45, 2.75) is 31.7 Å². The van der Waals surface area contributed by atoms with Gasteiger partial charge in [-0.05, 0) is 44.6 Å². The second-order valence-corrected chi connectivity index (χ2v) is 4.43. The van der Waals surface area contributed by atoms with Gasteiger partial charge in [-0.25, -0.2) is 0 Å². The van der Waals surface area contributed by atoms with Crippen molar-refractivity contribution in [3.63, 3.8) is 0 Å². The molecule has 2 fully saturated rings. The first kappa shape index (κ1) is 14.5. The molecule has 0 aromatic heterocycles. The lowest BCUT2D eigenvalue weighted by molar-refractivity contribution is 0.200. The normalized spacial score (nSPS) is 20.6. The summed E-state index contributed by atoms with van der Waals surface area (Å²) in [5.74, 6) is 2.04. The SMILES string of the molecule is CN(CCN)C(C1CC1)C1CC1.Cl.Cl. The van der Waals surface area contributed by atoms with Gasteiger partial charge in [-0.2, -0.15) is 0 Å². The first-order chi connectivity index (χ1) is 5.83. The van der Waals surface area contributed by atoms with E-state index in [9.17, 15) is 0 Å². The molecule has 0 aliphatic heterocycles. The number of nitrogens with zero attached hydrogens (tertiary/aromatic N) is 1. The summed E-state index contributed by atoms with van der Waals surface area (Å²) in [5, 5.41) is 0. The van der Waals surface area contributed by atoms with Crippen LogP contribution in [0.25, 0.3) is 0 Å². The Morgan fingerprint density at radius 1 is 1.14 bits per heavy atom. The predicted octanol–water partition coefficient (Wildman–Crippen LogP) is 1.91. The molecular weight excluding hydrogens is 219 g/mol. The number of halogens is 2. The molecule has 2 aliphatic rings. The maximum atomic E-state index is 5.57. The van der Waals surface area contributed by atoms with Gasteiger partial charge < -0.3 is 10.6 Å². The zero-order valence-electron chi connectivity index (χ0n) is 8.82. The lowest BCUT2D eigenvalue weighted by atomic mass is 10.1. The maximum absolute atomic E-state index is 5.57. The first-order valence-corrected chi connectivity index (χ1v) is 5.23. The highest BCUT2D eigenvalue weighted by molar-refractivity contribution is 5.85. The molecule has 2 aliphatic carbocycles. The molecule has 0 bridgehead atoms. The minimum Gasteiger partial charge on any atom is -0.329 e. The van der Waals surface area contributed by atoms with E-state index in [2.05, 4.69) is 11.9 Å². The van der Waals surface area contributed by atoms with E-state index in [1.165, 1.54) is 25.7 Å². The van der Waals surface area contributed by atoms with Crippen molar-refractivity contribution in [1.82, 2.24) is 4.90 Å². The van der Waals surface area contributed by atoms with Crippen molar-refractivity contribution in [1.29, 1.82) is 0 Å². The van der Waals surface area contributed by atoms with E-state index < -0.39 is 0 Å². The van der Waals surface area contributed by atoms with Gasteiger partial charge in [0.25, 0.3) is 0 Å². The van der Waals surface area contributed by atoms with Crippen molar-refractivity contribution < 1.29 is 0 Å². The molecule has 0 atom stereocenters. The monoisotopic (exact) mass is 240 g/mol. The maximum Gasteiger partial charge on any atom is 0.0149 e. The van der Waals surface area contributed by atoms with Crippen LogP contribution < -0.4 is 5.73 Å². The van der Waals surface area contributed by atoms with Crippen LogP contribution >= 0.6 is 24.8 Å².